The van der Waals surface area contributed by atoms with Gasteiger partial charge in [-0.2, -0.15) is 0 Å². The summed E-state index contributed by atoms with van der Waals surface area (Å²) in [6.07, 6.45) is 3.64. The summed E-state index contributed by atoms with van der Waals surface area (Å²) in [6.45, 7) is 6.85. The fraction of sp³-hybridized carbons (Fsp3) is 0.611. The zero-order valence-corrected chi connectivity index (χ0v) is 15.0. The second-order valence-corrected chi connectivity index (χ2v) is 5.90. The Hall–Kier alpha value is -1.26. The molecule has 0 radical (unpaired) electrons. The van der Waals surface area contributed by atoms with Crippen LogP contribution in [0.2, 0.25) is 0 Å². The van der Waals surface area contributed by atoms with E-state index in [1.807, 2.05) is 31.2 Å². The summed E-state index contributed by atoms with van der Waals surface area (Å²) >= 11 is 0. The average Bonchev–Trinajstić information content (AvgIpc) is 3.05. The van der Waals surface area contributed by atoms with Crippen molar-refractivity contribution < 1.29 is 9.53 Å². The Kier molecular flexibility index (Phi) is 9.03. The van der Waals surface area contributed by atoms with Crippen LogP contribution >= 0.6 is 12.4 Å². The number of hydrogen-bond donors (Lipinski definition) is 2. The molecule has 1 heterocycles. The van der Waals surface area contributed by atoms with E-state index >= 15 is 0 Å². The van der Waals surface area contributed by atoms with E-state index in [0.29, 0.717) is 18.9 Å². The maximum absolute atomic E-state index is 12.2. The molecule has 5 heteroatoms. The van der Waals surface area contributed by atoms with E-state index in [2.05, 4.69) is 17.6 Å². The first-order valence-electron chi connectivity index (χ1n) is 8.46. The van der Waals surface area contributed by atoms with Crippen molar-refractivity contribution in [2.45, 2.75) is 45.6 Å². The molecule has 1 aliphatic heterocycles. The van der Waals surface area contributed by atoms with Crippen LogP contribution in [0.1, 0.15) is 51.1 Å². The highest BCUT2D eigenvalue weighted by Crippen LogP contribution is 2.27. The minimum Gasteiger partial charge on any atom is -0.494 e. The van der Waals surface area contributed by atoms with Crippen LogP contribution in [0.15, 0.2) is 24.3 Å². The summed E-state index contributed by atoms with van der Waals surface area (Å²) in [4.78, 5) is 12.2. The van der Waals surface area contributed by atoms with Gasteiger partial charge in [0.1, 0.15) is 5.75 Å². The van der Waals surface area contributed by atoms with Crippen molar-refractivity contribution in [2.24, 2.45) is 5.92 Å². The molecule has 0 aliphatic carbocycles. The lowest BCUT2D eigenvalue weighted by atomic mass is 10.0. The second-order valence-electron chi connectivity index (χ2n) is 5.90. The molecule has 23 heavy (non-hydrogen) atoms. The van der Waals surface area contributed by atoms with Crippen molar-refractivity contribution in [1.29, 1.82) is 0 Å². The van der Waals surface area contributed by atoms with Gasteiger partial charge in [0.25, 0.3) is 0 Å². The third kappa shape index (κ3) is 6.04. The van der Waals surface area contributed by atoms with Crippen LogP contribution in [0.3, 0.4) is 0 Å². The van der Waals surface area contributed by atoms with E-state index < -0.39 is 0 Å². The van der Waals surface area contributed by atoms with Crippen molar-refractivity contribution in [2.75, 3.05) is 19.7 Å². The Morgan fingerprint density at radius 1 is 1.39 bits per heavy atom. The molecule has 4 nitrogen and oxygen atoms in total. The Bertz CT molecular complexity index is 476. The topological polar surface area (TPSA) is 50.4 Å². The number of ether oxygens (including phenoxy) is 1. The molecule has 0 bridgehead atoms. The molecule has 130 valence electrons. The van der Waals surface area contributed by atoms with E-state index in [1.54, 1.807) is 0 Å². The van der Waals surface area contributed by atoms with Crippen LogP contribution in [-0.4, -0.2) is 25.6 Å². The van der Waals surface area contributed by atoms with Gasteiger partial charge < -0.3 is 15.4 Å². The van der Waals surface area contributed by atoms with Gasteiger partial charge in [-0.25, -0.2) is 0 Å². The van der Waals surface area contributed by atoms with Crippen LogP contribution < -0.4 is 15.4 Å². The van der Waals surface area contributed by atoms with Gasteiger partial charge in [0.2, 0.25) is 5.91 Å². The standard InChI is InChI=1S/C18H28N2O2.ClH/c1-3-16(15-7-5-6-8-17(15)22-4-2)20-18(21)10-9-14-11-12-19-13-14;/h5-8,14,16,19H,3-4,9-13H2,1-2H3,(H,20,21);1H. The lowest BCUT2D eigenvalue weighted by Crippen LogP contribution is -2.28. The third-order valence-electron chi connectivity index (χ3n) is 4.28. The van der Waals surface area contributed by atoms with Gasteiger partial charge >= 0.3 is 0 Å². The number of benzene rings is 1. The number of amides is 1. The molecule has 2 rings (SSSR count). The van der Waals surface area contributed by atoms with Gasteiger partial charge in [-0.05, 0) is 51.3 Å². The monoisotopic (exact) mass is 340 g/mol. The lowest BCUT2D eigenvalue weighted by Gasteiger charge is -2.21. The van der Waals surface area contributed by atoms with Gasteiger partial charge in [-0.15, -0.1) is 12.4 Å². The molecule has 2 unspecified atom stereocenters. The number of para-hydroxylation sites is 1. The molecule has 1 aliphatic rings. The van der Waals surface area contributed by atoms with Crippen molar-refractivity contribution in [1.82, 2.24) is 10.6 Å². The number of halogens is 1. The Labute approximate surface area is 145 Å². The predicted octanol–water partition coefficient (Wildman–Crippen LogP) is 3.46. The number of hydrogen-bond acceptors (Lipinski definition) is 3. The molecule has 2 N–H and O–H groups in total. The van der Waals surface area contributed by atoms with Crippen molar-refractivity contribution in [3.05, 3.63) is 29.8 Å². The number of carbonyl (C=O) groups excluding carboxylic acids is 1. The van der Waals surface area contributed by atoms with Crippen molar-refractivity contribution in [3.8, 4) is 5.75 Å². The Balaban J connectivity index is 0.00000264. The highest BCUT2D eigenvalue weighted by atomic mass is 35.5. The summed E-state index contributed by atoms with van der Waals surface area (Å²) < 4.78 is 5.68. The van der Waals surface area contributed by atoms with Crippen molar-refractivity contribution >= 4 is 18.3 Å². The minimum atomic E-state index is 0. The van der Waals surface area contributed by atoms with E-state index in [9.17, 15) is 4.79 Å². The smallest absolute Gasteiger partial charge is 0.220 e. The largest absolute Gasteiger partial charge is 0.494 e. The number of nitrogens with one attached hydrogen (secondary N) is 2. The molecule has 1 amide bonds. The summed E-state index contributed by atoms with van der Waals surface area (Å²) in [5, 5.41) is 6.51. The highest BCUT2D eigenvalue weighted by molar-refractivity contribution is 5.85. The van der Waals surface area contributed by atoms with E-state index in [1.165, 1.54) is 6.42 Å². The first kappa shape index (κ1) is 19.8. The van der Waals surface area contributed by atoms with Gasteiger partial charge in [0.15, 0.2) is 0 Å². The molecular formula is C18H29ClN2O2. The van der Waals surface area contributed by atoms with Gasteiger partial charge in [-0.3, -0.25) is 4.79 Å². The first-order chi connectivity index (χ1) is 10.7. The SMILES string of the molecule is CCOc1ccccc1C(CC)NC(=O)CCC1CCNC1.Cl. The normalized spacial score (nSPS) is 18.1. The van der Waals surface area contributed by atoms with E-state index in [-0.39, 0.29) is 24.4 Å². The Morgan fingerprint density at radius 2 is 2.17 bits per heavy atom. The molecule has 1 fully saturated rings. The van der Waals surface area contributed by atoms with E-state index in [0.717, 1.165) is 37.2 Å². The zero-order valence-electron chi connectivity index (χ0n) is 14.1. The molecule has 1 saturated heterocycles. The molecule has 1 aromatic carbocycles. The fourth-order valence-corrected chi connectivity index (χ4v) is 3.02. The summed E-state index contributed by atoms with van der Waals surface area (Å²) in [5.74, 6) is 1.67. The molecular weight excluding hydrogens is 312 g/mol. The number of rotatable bonds is 8. The first-order valence-corrected chi connectivity index (χ1v) is 8.46. The summed E-state index contributed by atoms with van der Waals surface area (Å²) in [6, 6.07) is 8.00. The van der Waals surface area contributed by atoms with Crippen LogP contribution in [0, 0.1) is 5.92 Å². The minimum absolute atomic E-state index is 0. The van der Waals surface area contributed by atoms with Crippen LogP contribution in [0.5, 0.6) is 5.75 Å². The summed E-state index contributed by atoms with van der Waals surface area (Å²) in [7, 11) is 0. The Morgan fingerprint density at radius 3 is 2.83 bits per heavy atom. The predicted molar refractivity (Wildman–Crippen MR) is 96.2 cm³/mol. The lowest BCUT2D eigenvalue weighted by molar-refractivity contribution is -0.122. The summed E-state index contributed by atoms with van der Waals surface area (Å²) in [5.41, 5.74) is 1.07. The highest BCUT2D eigenvalue weighted by Gasteiger charge is 2.19. The quantitative estimate of drug-likeness (QED) is 0.762. The zero-order chi connectivity index (χ0) is 15.8. The maximum Gasteiger partial charge on any atom is 0.220 e. The molecule has 0 saturated carbocycles. The average molecular weight is 341 g/mol. The van der Waals surface area contributed by atoms with Crippen LogP contribution in [0.25, 0.3) is 0 Å². The molecule has 0 aromatic heterocycles. The van der Waals surface area contributed by atoms with Crippen molar-refractivity contribution in [3.63, 3.8) is 0 Å². The molecule has 2 atom stereocenters. The van der Waals surface area contributed by atoms with Gasteiger partial charge in [0, 0.05) is 12.0 Å². The molecule has 0 spiro atoms. The number of carbonyl (C=O) groups is 1. The van der Waals surface area contributed by atoms with Crippen LogP contribution in [0.4, 0.5) is 0 Å². The second kappa shape index (κ2) is 10.5. The maximum atomic E-state index is 12.2. The van der Waals surface area contributed by atoms with Crippen LogP contribution in [-0.2, 0) is 4.79 Å². The van der Waals surface area contributed by atoms with E-state index in [4.69, 9.17) is 4.74 Å². The fourth-order valence-electron chi connectivity index (χ4n) is 3.02. The van der Waals surface area contributed by atoms with Gasteiger partial charge in [-0.1, -0.05) is 25.1 Å². The third-order valence-corrected chi connectivity index (χ3v) is 4.28. The molecule has 1 aromatic rings. The van der Waals surface area contributed by atoms with Gasteiger partial charge in [0.05, 0.1) is 12.6 Å².